The fourth-order valence-electron chi connectivity index (χ4n) is 4.34. The van der Waals surface area contributed by atoms with Crippen LogP contribution in [0.5, 0.6) is 5.88 Å². The van der Waals surface area contributed by atoms with Crippen molar-refractivity contribution in [2.75, 3.05) is 20.3 Å². The Hall–Kier alpha value is -2.93. The summed E-state index contributed by atoms with van der Waals surface area (Å²) in [6, 6.07) is 11.0. The van der Waals surface area contributed by atoms with Crippen molar-refractivity contribution in [3.63, 3.8) is 0 Å². The Kier molecular flexibility index (Phi) is 5.99. The van der Waals surface area contributed by atoms with Gasteiger partial charge in [-0.2, -0.15) is 0 Å². The van der Waals surface area contributed by atoms with Gasteiger partial charge in [0.15, 0.2) is 5.78 Å². The van der Waals surface area contributed by atoms with E-state index in [1.54, 1.807) is 24.3 Å². The number of carbonyl (C=O) groups excluding carboxylic acids is 2. The number of amides is 1. The average Bonchev–Trinajstić information content (AvgIpc) is 2.76. The second-order valence-corrected chi connectivity index (χ2v) is 7.87. The Morgan fingerprint density at radius 3 is 2.50 bits per heavy atom. The molecule has 30 heavy (non-hydrogen) atoms. The average molecular weight is 410 g/mol. The van der Waals surface area contributed by atoms with E-state index in [9.17, 15) is 9.59 Å². The normalized spacial score (nSPS) is 23.0. The molecule has 7 heteroatoms. The lowest BCUT2D eigenvalue weighted by atomic mass is 9.80. The van der Waals surface area contributed by atoms with Crippen LogP contribution in [0, 0.1) is 12.8 Å². The monoisotopic (exact) mass is 410 g/mol. The minimum Gasteiger partial charge on any atom is -0.481 e. The van der Waals surface area contributed by atoms with Gasteiger partial charge in [0.1, 0.15) is 6.61 Å². The van der Waals surface area contributed by atoms with Crippen LogP contribution < -0.4 is 4.74 Å². The first-order valence-electron chi connectivity index (χ1n) is 10.2. The number of morpholine rings is 1. The smallest absolute Gasteiger partial charge is 0.410 e. The van der Waals surface area contributed by atoms with Gasteiger partial charge in [0.2, 0.25) is 5.88 Å². The molecule has 2 bridgehead atoms. The molecular formula is C23H26N2O5. The summed E-state index contributed by atoms with van der Waals surface area (Å²) in [5, 5.41) is 0. The highest BCUT2D eigenvalue weighted by Gasteiger charge is 2.44. The van der Waals surface area contributed by atoms with E-state index in [-0.39, 0.29) is 36.5 Å². The van der Waals surface area contributed by atoms with Crippen molar-refractivity contribution in [2.45, 2.75) is 38.5 Å². The minimum atomic E-state index is -0.342. The van der Waals surface area contributed by atoms with Gasteiger partial charge in [-0.3, -0.25) is 9.69 Å². The number of Topliss-reactive ketones (excluding diaryl/α,β-unsaturated/α-hetero) is 1. The summed E-state index contributed by atoms with van der Waals surface area (Å²) in [6.07, 6.45) is 2.36. The molecule has 0 radical (unpaired) electrons. The molecule has 2 saturated heterocycles. The van der Waals surface area contributed by atoms with Gasteiger partial charge < -0.3 is 14.2 Å². The number of carbonyl (C=O) groups is 2. The number of methoxy groups -OCH3 is 1. The van der Waals surface area contributed by atoms with Gasteiger partial charge in [-0.1, -0.05) is 30.3 Å². The zero-order valence-corrected chi connectivity index (χ0v) is 17.2. The third kappa shape index (κ3) is 4.16. The van der Waals surface area contributed by atoms with E-state index < -0.39 is 0 Å². The maximum Gasteiger partial charge on any atom is 0.410 e. The van der Waals surface area contributed by atoms with Gasteiger partial charge in [0, 0.05) is 23.7 Å². The van der Waals surface area contributed by atoms with Crippen LogP contribution in [0.4, 0.5) is 4.79 Å². The Balaban J connectivity index is 1.44. The van der Waals surface area contributed by atoms with Crippen molar-refractivity contribution in [3.05, 3.63) is 59.3 Å². The SMILES string of the molecule is COc1cc(C)c(C(=O)C2CC3COCC(C2)N3C(=O)OCc2ccccc2)cn1. The molecule has 2 atom stereocenters. The molecule has 0 N–H and O–H groups in total. The number of piperidine rings is 1. The number of nitrogens with zero attached hydrogens (tertiary/aromatic N) is 2. The number of hydrogen-bond donors (Lipinski definition) is 0. The number of aromatic nitrogens is 1. The fraction of sp³-hybridized carbons (Fsp3) is 0.435. The van der Waals surface area contributed by atoms with Gasteiger partial charge in [0.25, 0.3) is 0 Å². The Labute approximate surface area is 175 Å². The van der Waals surface area contributed by atoms with E-state index in [0.29, 0.717) is 37.5 Å². The van der Waals surface area contributed by atoms with Crippen molar-refractivity contribution in [3.8, 4) is 5.88 Å². The number of fused-ring (bicyclic) bond motifs is 2. The van der Waals surface area contributed by atoms with Crippen molar-refractivity contribution in [1.82, 2.24) is 9.88 Å². The van der Waals surface area contributed by atoms with E-state index in [4.69, 9.17) is 14.2 Å². The molecule has 2 aliphatic heterocycles. The van der Waals surface area contributed by atoms with Crippen molar-refractivity contribution in [2.24, 2.45) is 5.92 Å². The minimum absolute atomic E-state index is 0.0665. The molecule has 1 amide bonds. The molecule has 1 aromatic heterocycles. The molecule has 2 aromatic rings. The largest absolute Gasteiger partial charge is 0.481 e. The summed E-state index contributed by atoms with van der Waals surface area (Å²) in [5.74, 6) is 0.387. The van der Waals surface area contributed by atoms with Crippen molar-refractivity contribution < 1.29 is 23.8 Å². The Morgan fingerprint density at radius 1 is 1.17 bits per heavy atom. The number of pyridine rings is 1. The number of hydrogen-bond acceptors (Lipinski definition) is 6. The predicted molar refractivity (Wildman–Crippen MR) is 109 cm³/mol. The molecule has 0 aliphatic carbocycles. The first-order chi connectivity index (χ1) is 14.6. The highest BCUT2D eigenvalue weighted by Crippen LogP contribution is 2.34. The Morgan fingerprint density at radius 2 is 1.87 bits per heavy atom. The molecule has 3 heterocycles. The van der Waals surface area contributed by atoms with Gasteiger partial charge >= 0.3 is 6.09 Å². The number of benzene rings is 1. The fourth-order valence-corrected chi connectivity index (χ4v) is 4.34. The number of rotatable bonds is 5. The topological polar surface area (TPSA) is 78.0 Å². The van der Waals surface area contributed by atoms with E-state index in [0.717, 1.165) is 11.1 Å². The molecule has 0 saturated carbocycles. The van der Waals surface area contributed by atoms with E-state index >= 15 is 0 Å². The number of ether oxygens (including phenoxy) is 3. The van der Waals surface area contributed by atoms with E-state index in [1.807, 2.05) is 37.3 Å². The van der Waals surface area contributed by atoms with Crippen molar-refractivity contribution in [1.29, 1.82) is 0 Å². The first-order valence-corrected chi connectivity index (χ1v) is 10.2. The molecule has 2 fully saturated rings. The lowest BCUT2D eigenvalue weighted by Crippen LogP contribution is -2.59. The zero-order chi connectivity index (χ0) is 21.1. The van der Waals surface area contributed by atoms with Crippen LogP contribution in [0.15, 0.2) is 42.6 Å². The molecule has 4 rings (SSSR count). The summed E-state index contributed by atoms with van der Waals surface area (Å²) >= 11 is 0. The molecular weight excluding hydrogens is 384 g/mol. The molecule has 2 aliphatic rings. The summed E-state index contributed by atoms with van der Waals surface area (Å²) in [5.41, 5.74) is 2.40. The summed E-state index contributed by atoms with van der Waals surface area (Å²) < 4.78 is 16.4. The van der Waals surface area contributed by atoms with Gasteiger partial charge in [-0.15, -0.1) is 0 Å². The maximum absolute atomic E-state index is 13.2. The number of ketones is 1. The van der Waals surface area contributed by atoms with Crippen molar-refractivity contribution >= 4 is 11.9 Å². The number of aryl methyl sites for hydroxylation is 1. The highest BCUT2D eigenvalue weighted by atomic mass is 16.6. The summed E-state index contributed by atoms with van der Waals surface area (Å²) in [7, 11) is 1.55. The van der Waals surface area contributed by atoms with Crippen LogP contribution in [-0.4, -0.2) is 54.2 Å². The van der Waals surface area contributed by atoms with Crippen LogP contribution in [0.3, 0.4) is 0 Å². The first kappa shape index (κ1) is 20.3. The second kappa shape index (κ2) is 8.83. The molecule has 158 valence electrons. The Bertz CT molecular complexity index is 903. The third-order valence-electron chi connectivity index (χ3n) is 5.87. The summed E-state index contributed by atoms with van der Waals surface area (Å²) in [6.45, 7) is 2.95. The highest BCUT2D eigenvalue weighted by molar-refractivity contribution is 5.99. The van der Waals surface area contributed by atoms with Crippen LogP contribution in [0.2, 0.25) is 0 Å². The lowest BCUT2D eigenvalue weighted by molar-refractivity contribution is -0.0755. The van der Waals surface area contributed by atoms with Crippen LogP contribution in [0.1, 0.15) is 34.3 Å². The predicted octanol–water partition coefficient (Wildman–Crippen LogP) is 3.40. The van der Waals surface area contributed by atoms with Gasteiger partial charge in [-0.25, -0.2) is 9.78 Å². The molecule has 2 unspecified atom stereocenters. The van der Waals surface area contributed by atoms with Gasteiger partial charge in [0.05, 0.1) is 32.4 Å². The summed E-state index contributed by atoms with van der Waals surface area (Å²) in [4.78, 5) is 31.9. The molecule has 7 nitrogen and oxygen atoms in total. The van der Waals surface area contributed by atoms with Crippen LogP contribution in [0.25, 0.3) is 0 Å². The second-order valence-electron chi connectivity index (χ2n) is 7.87. The standard InChI is InChI=1S/C23H26N2O5/c1-15-8-21(28-2)24-11-20(15)22(26)17-9-18-13-29-14-19(10-17)25(18)23(27)30-12-16-6-4-3-5-7-16/h3-8,11,17-19H,9-10,12-14H2,1-2H3. The quantitative estimate of drug-likeness (QED) is 0.703. The van der Waals surface area contributed by atoms with E-state index in [1.165, 1.54) is 0 Å². The van der Waals surface area contributed by atoms with Crippen LogP contribution >= 0.6 is 0 Å². The van der Waals surface area contributed by atoms with Gasteiger partial charge in [-0.05, 0) is 30.9 Å². The van der Waals surface area contributed by atoms with Crippen LogP contribution in [-0.2, 0) is 16.1 Å². The molecule has 0 spiro atoms. The zero-order valence-electron chi connectivity index (χ0n) is 17.2. The van der Waals surface area contributed by atoms with E-state index in [2.05, 4.69) is 4.98 Å². The molecule has 1 aromatic carbocycles. The maximum atomic E-state index is 13.2. The third-order valence-corrected chi connectivity index (χ3v) is 5.87. The lowest BCUT2D eigenvalue weighted by Gasteiger charge is -2.47.